The lowest BCUT2D eigenvalue weighted by atomic mass is 10.5. The Morgan fingerprint density at radius 1 is 1.62 bits per heavy atom. The molecule has 2 nitrogen and oxygen atoms in total. The van der Waals surface area contributed by atoms with Gasteiger partial charge in [-0.1, -0.05) is 6.92 Å². The number of methoxy groups -OCH3 is 1. The van der Waals surface area contributed by atoms with E-state index < -0.39 is 0 Å². The van der Waals surface area contributed by atoms with Crippen LogP contribution in [0.5, 0.6) is 0 Å². The van der Waals surface area contributed by atoms with Crippen molar-refractivity contribution in [2.45, 2.75) is 19.0 Å². The minimum absolute atomic E-state index is 0.352. The van der Waals surface area contributed by atoms with Crippen LogP contribution in [0.1, 0.15) is 13.3 Å². The zero-order valence-electron chi connectivity index (χ0n) is 5.26. The maximum absolute atomic E-state index is 4.98. The fourth-order valence-corrected chi connectivity index (χ4v) is 0.392. The van der Waals surface area contributed by atoms with Gasteiger partial charge in [0.1, 0.15) is 0 Å². The summed E-state index contributed by atoms with van der Waals surface area (Å²) in [5.74, 6) is 0. The number of thiol groups is 1. The minimum Gasteiger partial charge on any atom is -0.347 e. The Hall–Kier alpha value is 0.270. The summed E-state index contributed by atoms with van der Waals surface area (Å²) in [6.45, 7) is 2.75. The highest BCUT2D eigenvalue weighted by Crippen LogP contribution is 1.97. The molecule has 0 aliphatic heterocycles. The van der Waals surface area contributed by atoms with Crippen LogP contribution in [0.3, 0.4) is 0 Å². The first-order chi connectivity index (χ1) is 3.81. The Labute approximate surface area is 55.6 Å². The molecule has 0 heterocycles. The van der Waals surface area contributed by atoms with Crippen molar-refractivity contribution in [2.24, 2.45) is 0 Å². The second-order valence-corrected chi connectivity index (χ2v) is 1.84. The largest absolute Gasteiger partial charge is 0.347 e. The van der Waals surface area contributed by atoms with Crippen LogP contribution >= 0.6 is 12.6 Å². The topological polar surface area (TPSA) is 18.5 Å². The first-order valence-corrected chi connectivity index (χ1v) is 3.15. The average Bonchev–Trinajstić information content (AvgIpc) is 1.83. The summed E-state index contributed by atoms with van der Waals surface area (Å²) in [5, 5.41) is 0. The van der Waals surface area contributed by atoms with E-state index >= 15 is 0 Å². The highest BCUT2D eigenvalue weighted by Gasteiger charge is 1.94. The molecule has 1 unspecified atom stereocenters. The van der Waals surface area contributed by atoms with Crippen molar-refractivity contribution in [1.82, 2.24) is 0 Å². The van der Waals surface area contributed by atoms with E-state index in [1.165, 1.54) is 0 Å². The molecule has 0 aromatic rings. The molecule has 50 valence electrons. The van der Waals surface area contributed by atoms with Gasteiger partial charge < -0.3 is 9.47 Å². The van der Waals surface area contributed by atoms with Gasteiger partial charge in [-0.2, -0.15) is 0 Å². The summed E-state index contributed by atoms with van der Waals surface area (Å²) in [7, 11) is 1.56. The molecule has 0 aliphatic rings. The molecule has 8 heavy (non-hydrogen) atoms. The lowest BCUT2D eigenvalue weighted by Crippen LogP contribution is -2.07. The van der Waals surface area contributed by atoms with Crippen LogP contribution in [-0.4, -0.2) is 19.3 Å². The van der Waals surface area contributed by atoms with Crippen molar-refractivity contribution in [3.63, 3.8) is 0 Å². The normalized spacial score (nSPS) is 13.9. The fraction of sp³-hybridized carbons (Fsp3) is 1.00. The summed E-state index contributed by atoms with van der Waals surface area (Å²) in [6, 6.07) is 0. The third kappa shape index (κ3) is 4.43. The molecule has 0 N–H and O–H groups in total. The Morgan fingerprint density at radius 3 is 2.62 bits per heavy atom. The van der Waals surface area contributed by atoms with Crippen molar-refractivity contribution in [1.29, 1.82) is 0 Å². The molecule has 0 bridgehead atoms. The third-order valence-corrected chi connectivity index (χ3v) is 1.03. The van der Waals surface area contributed by atoms with E-state index in [2.05, 4.69) is 12.6 Å². The first-order valence-electron chi connectivity index (χ1n) is 2.63. The number of rotatable bonds is 4. The van der Waals surface area contributed by atoms with Crippen LogP contribution < -0.4 is 0 Å². The predicted octanol–water partition coefficient (Wildman–Crippen LogP) is 1.27. The van der Waals surface area contributed by atoms with E-state index in [1.807, 2.05) is 6.92 Å². The average molecular weight is 136 g/mol. The SMILES string of the molecule is CCCOC(S)OC. The van der Waals surface area contributed by atoms with Crippen molar-refractivity contribution in [3.05, 3.63) is 0 Å². The summed E-state index contributed by atoms with van der Waals surface area (Å²) >= 11 is 3.92. The smallest absolute Gasteiger partial charge is 0.203 e. The van der Waals surface area contributed by atoms with E-state index in [4.69, 9.17) is 9.47 Å². The van der Waals surface area contributed by atoms with Crippen molar-refractivity contribution < 1.29 is 9.47 Å². The maximum atomic E-state index is 4.98. The van der Waals surface area contributed by atoms with Crippen LogP contribution in [0.15, 0.2) is 0 Å². The van der Waals surface area contributed by atoms with Crippen LogP contribution in [0.4, 0.5) is 0 Å². The fourth-order valence-electron chi connectivity index (χ4n) is 0.287. The van der Waals surface area contributed by atoms with E-state index in [0.29, 0.717) is 6.61 Å². The summed E-state index contributed by atoms with van der Waals surface area (Å²) < 4.78 is 9.68. The van der Waals surface area contributed by atoms with Gasteiger partial charge in [-0.3, -0.25) is 0 Å². The molecule has 0 aromatic heterocycles. The van der Waals surface area contributed by atoms with Gasteiger partial charge in [-0.05, 0) is 6.42 Å². The van der Waals surface area contributed by atoms with Crippen molar-refractivity contribution in [3.8, 4) is 0 Å². The number of hydrogen-bond acceptors (Lipinski definition) is 3. The van der Waals surface area contributed by atoms with Gasteiger partial charge in [0.2, 0.25) is 5.62 Å². The monoisotopic (exact) mass is 136 g/mol. The lowest BCUT2D eigenvalue weighted by Gasteiger charge is -2.07. The van der Waals surface area contributed by atoms with Gasteiger partial charge in [0.25, 0.3) is 0 Å². The minimum atomic E-state index is -0.352. The van der Waals surface area contributed by atoms with Gasteiger partial charge in [0.15, 0.2) is 0 Å². The molecule has 0 aliphatic carbocycles. The van der Waals surface area contributed by atoms with E-state index in [0.717, 1.165) is 6.42 Å². The molecule has 0 amide bonds. The second-order valence-electron chi connectivity index (χ2n) is 1.41. The highest BCUT2D eigenvalue weighted by atomic mass is 32.1. The van der Waals surface area contributed by atoms with E-state index in [9.17, 15) is 0 Å². The highest BCUT2D eigenvalue weighted by molar-refractivity contribution is 7.80. The van der Waals surface area contributed by atoms with Crippen molar-refractivity contribution in [2.75, 3.05) is 13.7 Å². The molecular formula is C5H12O2S. The number of ether oxygens (including phenoxy) is 2. The lowest BCUT2D eigenvalue weighted by molar-refractivity contribution is -0.0582. The Kier molecular flexibility index (Phi) is 5.59. The summed E-state index contributed by atoms with van der Waals surface area (Å²) in [6.07, 6.45) is 1.00. The van der Waals surface area contributed by atoms with Crippen LogP contribution in [0.25, 0.3) is 0 Å². The van der Waals surface area contributed by atoms with Crippen LogP contribution in [0, 0.1) is 0 Å². The zero-order chi connectivity index (χ0) is 6.41. The molecule has 0 rings (SSSR count). The molecule has 0 saturated carbocycles. The summed E-state index contributed by atoms with van der Waals surface area (Å²) in [5.41, 5.74) is -0.352. The van der Waals surface area contributed by atoms with Gasteiger partial charge in [-0.25, -0.2) is 0 Å². The molecule has 0 saturated heterocycles. The Balaban J connectivity index is 2.86. The maximum Gasteiger partial charge on any atom is 0.203 e. The van der Waals surface area contributed by atoms with Gasteiger partial charge in [0, 0.05) is 7.11 Å². The Morgan fingerprint density at radius 2 is 2.25 bits per heavy atom. The van der Waals surface area contributed by atoms with E-state index in [-0.39, 0.29) is 5.62 Å². The standard InChI is InChI=1S/C5H12O2S/c1-3-4-7-5(8)6-2/h5,8H,3-4H2,1-2H3. The first kappa shape index (κ1) is 8.27. The zero-order valence-corrected chi connectivity index (χ0v) is 6.15. The quantitative estimate of drug-likeness (QED) is 0.463. The van der Waals surface area contributed by atoms with Gasteiger partial charge in [0.05, 0.1) is 6.61 Å². The second kappa shape index (κ2) is 5.41. The Bertz CT molecular complexity index is 49.7. The molecule has 1 atom stereocenters. The molecule has 0 aromatic carbocycles. The predicted molar refractivity (Wildman–Crippen MR) is 36.0 cm³/mol. The third-order valence-electron chi connectivity index (χ3n) is 0.666. The van der Waals surface area contributed by atoms with Crippen LogP contribution in [0.2, 0.25) is 0 Å². The molecule has 0 radical (unpaired) electrons. The van der Waals surface area contributed by atoms with Gasteiger partial charge >= 0.3 is 0 Å². The summed E-state index contributed by atoms with van der Waals surface area (Å²) in [4.78, 5) is 0. The van der Waals surface area contributed by atoms with Crippen LogP contribution in [-0.2, 0) is 9.47 Å². The van der Waals surface area contributed by atoms with E-state index in [1.54, 1.807) is 7.11 Å². The van der Waals surface area contributed by atoms with Gasteiger partial charge in [-0.15, -0.1) is 12.6 Å². The number of hydrogen-bond donors (Lipinski definition) is 1. The molecule has 3 heteroatoms. The van der Waals surface area contributed by atoms with Crippen molar-refractivity contribution >= 4 is 12.6 Å². The molecule has 0 spiro atoms. The molecule has 0 fully saturated rings. The molecular weight excluding hydrogens is 124 g/mol.